The number of hydrogen-bond donors (Lipinski definition) is 0. The molecule has 0 spiro atoms. The third-order valence-electron chi connectivity index (χ3n) is 2.14. The van der Waals surface area contributed by atoms with Crippen LogP contribution >= 0.6 is 47.8 Å². The second-order valence-corrected chi connectivity index (χ2v) is 5.80. The Morgan fingerprint density at radius 2 is 1.40 bits per heavy atom. The highest BCUT2D eigenvalue weighted by Crippen LogP contribution is 2.52. The normalized spacial score (nSPS) is 10.1. The largest absolute Gasteiger partial charge is 0.491 e. The third-order valence-corrected chi connectivity index (χ3v) is 4.30. The second kappa shape index (κ2) is 8.05. The van der Waals surface area contributed by atoms with Crippen molar-refractivity contribution in [1.29, 1.82) is 0 Å². The molecule has 110 valence electrons. The first-order valence-corrected chi connectivity index (χ1v) is 8.16. The van der Waals surface area contributed by atoms with Crippen molar-refractivity contribution in [3.63, 3.8) is 0 Å². The number of esters is 1. The summed E-state index contributed by atoms with van der Waals surface area (Å²) in [4.78, 5) is 11.4. The average Bonchev–Trinajstić information content (AvgIpc) is 2.44. The topological polar surface area (TPSA) is 44.8 Å². The molecule has 0 radical (unpaired) electrons. The predicted octanol–water partition coefficient (Wildman–Crippen LogP) is 4.86. The molecule has 7 heteroatoms. The van der Waals surface area contributed by atoms with Gasteiger partial charge in [-0.15, -0.1) is 0 Å². The van der Waals surface area contributed by atoms with Gasteiger partial charge in [-0.05, 0) is 61.6 Å². The van der Waals surface area contributed by atoms with Crippen molar-refractivity contribution in [2.24, 2.45) is 0 Å². The van der Waals surface area contributed by atoms with E-state index in [1.165, 1.54) is 0 Å². The molecule has 20 heavy (non-hydrogen) atoms. The van der Waals surface area contributed by atoms with Crippen LogP contribution in [0.3, 0.4) is 0 Å². The smallest absolute Gasteiger partial charge is 0.335 e. The minimum atomic E-state index is -0.571. The van der Waals surface area contributed by atoms with Gasteiger partial charge in [-0.2, -0.15) is 0 Å². The van der Waals surface area contributed by atoms with Crippen LogP contribution in [-0.2, 0) is 4.79 Å². The Morgan fingerprint density at radius 1 is 1.00 bits per heavy atom. The molecule has 0 bridgehead atoms. The zero-order valence-electron chi connectivity index (χ0n) is 11.0. The molecule has 0 saturated heterocycles. The van der Waals surface area contributed by atoms with Crippen LogP contribution in [0.4, 0.5) is 0 Å². The van der Waals surface area contributed by atoms with Crippen LogP contribution in [0.1, 0.15) is 13.8 Å². The molecule has 0 unspecified atom stereocenters. The first-order chi connectivity index (χ1) is 9.47. The van der Waals surface area contributed by atoms with E-state index in [2.05, 4.69) is 54.4 Å². The van der Waals surface area contributed by atoms with E-state index in [-0.39, 0.29) is 5.75 Å². The number of rotatable bonds is 6. The number of hydrogen-bond acceptors (Lipinski definition) is 4. The second-order valence-electron chi connectivity index (χ2n) is 3.42. The van der Waals surface area contributed by atoms with Crippen LogP contribution in [0.5, 0.6) is 17.2 Å². The highest BCUT2D eigenvalue weighted by atomic mass is 79.9. The van der Waals surface area contributed by atoms with E-state index < -0.39 is 5.97 Å². The van der Waals surface area contributed by atoms with Gasteiger partial charge in [0.15, 0.2) is 17.2 Å². The maximum Gasteiger partial charge on any atom is 0.335 e. The predicted molar refractivity (Wildman–Crippen MR) is 87.7 cm³/mol. The molecule has 0 aromatic heterocycles. The monoisotopic (exact) mass is 470 g/mol. The molecule has 0 amide bonds. The van der Waals surface area contributed by atoms with Crippen LogP contribution in [0.25, 0.3) is 0 Å². The van der Waals surface area contributed by atoms with Crippen LogP contribution in [0, 0.1) is 0 Å². The average molecular weight is 473 g/mol. The van der Waals surface area contributed by atoms with Crippen molar-refractivity contribution in [3.05, 3.63) is 26.1 Å². The highest BCUT2D eigenvalue weighted by Gasteiger charge is 2.24. The van der Waals surface area contributed by atoms with Crippen LogP contribution < -0.4 is 14.2 Å². The Hall–Kier alpha value is -0.530. The summed E-state index contributed by atoms with van der Waals surface area (Å²) < 4.78 is 18.0. The number of halogens is 3. The highest BCUT2D eigenvalue weighted by molar-refractivity contribution is 9.11. The Morgan fingerprint density at radius 3 is 1.75 bits per heavy atom. The lowest BCUT2D eigenvalue weighted by molar-refractivity contribution is -0.129. The molecular weight excluding hydrogens is 460 g/mol. The van der Waals surface area contributed by atoms with Gasteiger partial charge in [0.25, 0.3) is 0 Å². The fourth-order valence-corrected chi connectivity index (χ4v) is 3.98. The maximum absolute atomic E-state index is 11.4. The molecule has 4 nitrogen and oxygen atoms in total. The van der Waals surface area contributed by atoms with E-state index in [0.717, 1.165) is 6.08 Å². The molecule has 0 atom stereocenters. The van der Waals surface area contributed by atoms with E-state index in [0.29, 0.717) is 38.1 Å². The van der Waals surface area contributed by atoms with Gasteiger partial charge < -0.3 is 14.2 Å². The van der Waals surface area contributed by atoms with Crippen molar-refractivity contribution in [2.45, 2.75) is 13.8 Å². The van der Waals surface area contributed by atoms with Crippen molar-refractivity contribution in [1.82, 2.24) is 0 Å². The van der Waals surface area contributed by atoms with Crippen LogP contribution in [0.15, 0.2) is 26.1 Å². The van der Waals surface area contributed by atoms with Gasteiger partial charge >= 0.3 is 5.97 Å². The minimum Gasteiger partial charge on any atom is -0.491 e. The molecule has 1 aromatic carbocycles. The Balaban J connectivity index is 3.47. The molecule has 0 aliphatic heterocycles. The standard InChI is InChI=1S/C13H13Br3O4/c1-4-7(17)20-13-9(15)11(18-5-2)8(14)12(10(13)16)19-6-3/h4H,1,5-6H2,2-3H3. The van der Waals surface area contributed by atoms with Gasteiger partial charge in [-0.1, -0.05) is 6.58 Å². The summed E-state index contributed by atoms with van der Waals surface area (Å²) in [5.74, 6) is 0.723. The summed E-state index contributed by atoms with van der Waals surface area (Å²) in [5, 5.41) is 0. The summed E-state index contributed by atoms with van der Waals surface area (Å²) in [7, 11) is 0. The molecule has 0 fully saturated rings. The molecular formula is C13H13Br3O4. The number of benzene rings is 1. The molecule has 0 aliphatic carbocycles. The lowest BCUT2D eigenvalue weighted by atomic mass is 10.3. The quantitative estimate of drug-likeness (QED) is 0.337. The van der Waals surface area contributed by atoms with Crippen molar-refractivity contribution >= 4 is 53.8 Å². The number of carbonyl (C=O) groups excluding carboxylic acids is 1. The molecule has 0 saturated carbocycles. The van der Waals surface area contributed by atoms with E-state index in [9.17, 15) is 4.79 Å². The van der Waals surface area contributed by atoms with Gasteiger partial charge in [-0.3, -0.25) is 0 Å². The van der Waals surface area contributed by atoms with Gasteiger partial charge in [0.1, 0.15) is 13.4 Å². The van der Waals surface area contributed by atoms with E-state index >= 15 is 0 Å². The number of ether oxygens (including phenoxy) is 3. The third kappa shape index (κ3) is 3.77. The zero-order valence-corrected chi connectivity index (χ0v) is 15.7. The van der Waals surface area contributed by atoms with Crippen molar-refractivity contribution in [2.75, 3.05) is 13.2 Å². The summed E-state index contributed by atoms with van der Waals surface area (Å²) in [6, 6.07) is 0. The molecule has 0 heterocycles. The summed E-state index contributed by atoms with van der Waals surface area (Å²) in [6.07, 6.45) is 1.08. The Labute approximate surface area is 142 Å². The lowest BCUT2D eigenvalue weighted by Crippen LogP contribution is -2.07. The SMILES string of the molecule is C=CC(=O)Oc1c(Br)c(OCC)c(Br)c(OCC)c1Br. The van der Waals surface area contributed by atoms with Gasteiger partial charge in [0.2, 0.25) is 0 Å². The van der Waals surface area contributed by atoms with Crippen LogP contribution in [-0.4, -0.2) is 19.2 Å². The molecule has 0 N–H and O–H groups in total. The first-order valence-electron chi connectivity index (χ1n) is 5.78. The summed E-state index contributed by atoms with van der Waals surface area (Å²) in [5.41, 5.74) is 0. The van der Waals surface area contributed by atoms with E-state index in [1.54, 1.807) is 0 Å². The first kappa shape index (κ1) is 17.5. The van der Waals surface area contributed by atoms with Gasteiger partial charge in [0.05, 0.1) is 13.2 Å². The molecule has 1 rings (SSSR count). The van der Waals surface area contributed by atoms with Crippen molar-refractivity contribution in [3.8, 4) is 17.2 Å². The summed E-state index contributed by atoms with van der Waals surface area (Å²) >= 11 is 10.2. The lowest BCUT2D eigenvalue weighted by Gasteiger charge is -2.18. The number of carbonyl (C=O) groups is 1. The van der Waals surface area contributed by atoms with Crippen LogP contribution in [0.2, 0.25) is 0 Å². The maximum atomic E-state index is 11.4. The molecule has 0 aliphatic rings. The fraction of sp³-hybridized carbons (Fsp3) is 0.308. The zero-order chi connectivity index (χ0) is 15.3. The Kier molecular flexibility index (Phi) is 7.05. The van der Waals surface area contributed by atoms with Gasteiger partial charge in [0, 0.05) is 6.08 Å². The van der Waals surface area contributed by atoms with E-state index in [4.69, 9.17) is 14.2 Å². The van der Waals surface area contributed by atoms with Crippen molar-refractivity contribution < 1.29 is 19.0 Å². The molecule has 1 aromatic rings. The Bertz CT molecular complexity index is 496. The summed E-state index contributed by atoms with van der Waals surface area (Å²) in [6.45, 7) is 8.01. The van der Waals surface area contributed by atoms with E-state index in [1.807, 2.05) is 13.8 Å². The van der Waals surface area contributed by atoms with Gasteiger partial charge in [-0.25, -0.2) is 4.79 Å². The minimum absolute atomic E-state index is 0.282. The fourth-order valence-electron chi connectivity index (χ4n) is 1.37.